The lowest BCUT2D eigenvalue weighted by atomic mass is 10.1. The molecule has 7 nitrogen and oxygen atoms in total. The Kier molecular flexibility index (Phi) is 7.45. The maximum absolute atomic E-state index is 13.0. The molecule has 3 aromatic rings. The van der Waals surface area contributed by atoms with Crippen molar-refractivity contribution >= 4 is 29.2 Å². The second-order valence-corrected chi connectivity index (χ2v) is 8.37. The van der Waals surface area contributed by atoms with Crippen LogP contribution in [0.25, 0.3) is 0 Å². The zero-order chi connectivity index (χ0) is 24.8. The zero-order valence-electron chi connectivity index (χ0n) is 20.0. The Morgan fingerprint density at radius 3 is 2.11 bits per heavy atom. The minimum Gasteiger partial charge on any atom is -0.465 e. The van der Waals surface area contributed by atoms with Crippen molar-refractivity contribution in [1.29, 1.82) is 0 Å². The van der Waals surface area contributed by atoms with E-state index in [1.165, 1.54) is 7.11 Å². The van der Waals surface area contributed by atoms with Crippen molar-refractivity contribution < 1.29 is 19.1 Å². The van der Waals surface area contributed by atoms with E-state index in [4.69, 9.17) is 4.74 Å². The minimum atomic E-state index is -0.474. The molecule has 0 atom stereocenters. The van der Waals surface area contributed by atoms with Crippen LogP contribution in [0.4, 0.5) is 11.4 Å². The number of carbonyl (C=O) groups is 3. The highest BCUT2D eigenvalue weighted by atomic mass is 16.5. The molecule has 3 aromatic carbocycles. The fourth-order valence-electron chi connectivity index (χ4n) is 4.16. The third kappa shape index (κ3) is 5.51. The van der Waals surface area contributed by atoms with Crippen LogP contribution in [-0.4, -0.2) is 56.0 Å². The molecule has 0 aliphatic carbocycles. The summed E-state index contributed by atoms with van der Waals surface area (Å²) in [5.74, 6) is -0.721. The number of piperazine rings is 1. The van der Waals surface area contributed by atoms with E-state index in [1.807, 2.05) is 53.4 Å². The summed E-state index contributed by atoms with van der Waals surface area (Å²) in [6.45, 7) is 4.37. The lowest BCUT2D eigenvalue weighted by molar-refractivity contribution is 0.0600. The third-order valence-electron chi connectivity index (χ3n) is 6.22. The predicted molar refractivity (Wildman–Crippen MR) is 136 cm³/mol. The highest BCUT2D eigenvalue weighted by molar-refractivity contribution is 6.07. The molecule has 1 saturated heterocycles. The Morgan fingerprint density at radius 1 is 0.829 bits per heavy atom. The van der Waals surface area contributed by atoms with Gasteiger partial charge >= 0.3 is 5.97 Å². The first-order valence-corrected chi connectivity index (χ1v) is 11.7. The van der Waals surface area contributed by atoms with Crippen LogP contribution in [0.1, 0.15) is 43.6 Å². The van der Waals surface area contributed by atoms with Crippen molar-refractivity contribution in [2.24, 2.45) is 0 Å². The number of hydrogen-bond acceptors (Lipinski definition) is 5. The number of hydrogen-bond donors (Lipinski definition) is 1. The Hall–Kier alpha value is -4.13. The number of nitrogens with one attached hydrogen (secondary N) is 1. The monoisotopic (exact) mass is 471 g/mol. The molecule has 2 amide bonds. The van der Waals surface area contributed by atoms with Crippen LogP contribution < -0.4 is 10.2 Å². The van der Waals surface area contributed by atoms with E-state index in [1.54, 1.807) is 24.3 Å². The maximum atomic E-state index is 13.0. The average molecular weight is 472 g/mol. The van der Waals surface area contributed by atoms with Gasteiger partial charge in [-0.25, -0.2) is 4.79 Å². The average Bonchev–Trinajstić information content (AvgIpc) is 2.92. The van der Waals surface area contributed by atoms with Crippen LogP contribution in [-0.2, 0) is 11.2 Å². The van der Waals surface area contributed by atoms with Gasteiger partial charge in [0.25, 0.3) is 11.8 Å². The summed E-state index contributed by atoms with van der Waals surface area (Å²) in [7, 11) is 1.33. The van der Waals surface area contributed by atoms with Gasteiger partial charge in [-0.3, -0.25) is 9.59 Å². The summed E-state index contributed by atoms with van der Waals surface area (Å²) in [5.41, 5.74) is 4.03. The number of rotatable bonds is 6. The van der Waals surface area contributed by atoms with Gasteiger partial charge in [0.05, 0.1) is 24.0 Å². The van der Waals surface area contributed by atoms with E-state index in [0.717, 1.165) is 17.7 Å². The standard InChI is InChI=1S/C28H29N3O4/c1-3-20-9-11-21(12-10-20)26(32)29-24-19-23(28(34)35-2)13-14-25(24)30-15-17-31(18-16-30)27(33)22-7-5-4-6-8-22/h4-14,19H,3,15-18H2,1-2H3,(H,29,32). The molecule has 0 saturated carbocycles. The first kappa shape index (κ1) is 24.0. The summed E-state index contributed by atoms with van der Waals surface area (Å²) in [4.78, 5) is 41.9. The molecular weight excluding hydrogens is 442 g/mol. The smallest absolute Gasteiger partial charge is 0.337 e. The number of ether oxygens (including phenoxy) is 1. The Labute approximate surface area is 205 Å². The molecule has 35 heavy (non-hydrogen) atoms. The molecule has 0 bridgehead atoms. The van der Waals surface area contributed by atoms with Crippen LogP contribution in [0.15, 0.2) is 72.8 Å². The molecule has 180 valence electrons. The Balaban J connectivity index is 1.53. The Bertz CT molecular complexity index is 1200. The van der Waals surface area contributed by atoms with Crippen molar-refractivity contribution in [2.75, 3.05) is 43.5 Å². The first-order valence-electron chi connectivity index (χ1n) is 11.7. The van der Waals surface area contributed by atoms with E-state index in [2.05, 4.69) is 17.1 Å². The number of esters is 1. The van der Waals surface area contributed by atoms with Crippen molar-refractivity contribution in [3.05, 3.63) is 95.1 Å². The molecule has 1 aliphatic rings. The fourth-order valence-corrected chi connectivity index (χ4v) is 4.16. The largest absolute Gasteiger partial charge is 0.465 e. The number of nitrogens with zero attached hydrogens (tertiary/aromatic N) is 2. The van der Waals surface area contributed by atoms with Gasteiger partial charge in [0.15, 0.2) is 0 Å². The molecule has 0 unspecified atom stereocenters. The normalized spacial score (nSPS) is 13.3. The summed E-state index contributed by atoms with van der Waals surface area (Å²) >= 11 is 0. The molecule has 1 N–H and O–H groups in total. The van der Waals surface area contributed by atoms with E-state index >= 15 is 0 Å². The van der Waals surface area contributed by atoms with E-state index < -0.39 is 5.97 Å². The minimum absolute atomic E-state index is 0.00958. The highest BCUT2D eigenvalue weighted by Crippen LogP contribution is 2.29. The van der Waals surface area contributed by atoms with Gasteiger partial charge in [-0.05, 0) is 54.4 Å². The SMILES string of the molecule is CCc1ccc(C(=O)Nc2cc(C(=O)OC)ccc2N2CCN(C(=O)c3ccccc3)CC2)cc1. The van der Waals surface area contributed by atoms with Crippen LogP contribution in [0.3, 0.4) is 0 Å². The van der Waals surface area contributed by atoms with Gasteiger partial charge in [-0.15, -0.1) is 0 Å². The van der Waals surface area contributed by atoms with Gasteiger partial charge in [0.1, 0.15) is 0 Å². The molecule has 1 fully saturated rings. The number of amides is 2. The molecule has 7 heteroatoms. The van der Waals surface area contributed by atoms with Gasteiger partial charge in [-0.2, -0.15) is 0 Å². The van der Waals surface area contributed by atoms with Crippen LogP contribution in [0.2, 0.25) is 0 Å². The molecule has 0 spiro atoms. The van der Waals surface area contributed by atoms with E-state index in [0.29, 0.717) is 48.6 Å². The van der Waals surface area contributed by atoms with Crippen molar-refractivity contribution in [1.82, 2.24) is 4.90 Å². The van der Waals surface area contributed by atoms with Crippen molar-refractivity contribution in [3.8, 4) is 0 Å². The molecular formula is C28H29N3O4. The number of carbonyl (C=O) groups excluding carboxylic acids is 3. The zero-order valence-corrected chi connectivity index (χ0v) is 20.0. The van der Waals surface area contributed by atoms with Gasteiger partial charge < -0.3 is 19.9 Å². The van der Waals surface area contributed by atoms with Crippen LogP contribution in [0.5, 0.6) is 0 Å². The molecule has 1 aliphatic heterocycles. The fraction of sp³-hybridized carbons (Fsp3) is 0.250. The summed E-state index contributed by atoms with van der Waals surface area (Å²) in [6, 6.07) is 21.9. The molecule has 1 heterocycles. The summed E-state index contributed by atoms with van der Waals surface area (Å²) in [6.07, 6.45) is 0.895. The number of benzene rings is 3. The van der Waals surface area contributed by atoms with Gasteiger partial charge in [0.2, 0.25) is 0 Å². The number of aryl methyl sites for hydroxylation is 1. The summed E-state index contributed by atoms with van der Waals surface area (Å²) in [5, 5.41) is 2.97. The molecule has 0 aromatic heterocycles. The quantitative estimate of drug-likeness (QED) is 0.544. The second-order valence-electron chi connectivity index (χ2n) is 8.37. The Morgan fingerprint density at radius 2 is 1.49 bits per heavy atom. The first-order chi connectivity index (χ1) is 17.0. The lowest BCUT2D eigenvalue weighted by Gasteiger charge is -2.37. The highest BCUT2D eigenvalue weighted by Gasteiger charge is 2.24. The topological polar surface area (TPSA) is 79.0 Å². The summed E-state index contributed by atoms with van der Waals surface area (Å²) < 4.78 is 4.86. The lowest BCUT2D eigenvalue weighted by Crippen LogP contribution is -2.49. The van der Waals surface area contributed by atoms with Gasteiger partial charge in [-0.1, -0.05) is 37.3 Å². The second kappa shape index (κ2) is 10.9. The van der Waals surface area contributed by atoms with Crippen LogP contribution in [0, 0.1) is 0 Å². The number of anilines is 2. The van der Waals surface area contributed by atoms with Crippen molar-refractivity contribution in [2.45, 2.75) is 13.3 Å². The van der Waals surface area contributed by atoms with Crippen LogP contribution >= 0.6 is 0 Å². The van der Waals surface area contributed by atoms with E-state index in [9.17, 15) is 14.4 Å². The molecule has 4 rings (SSSR count). The predicted octanol–water partition coefficient (Wildman–Crippen LogP) is 4.25. The molecule has 0 radical (unpaired) electrons. The van der Waals surface area contributed by atoms with Crippen molar-refractivity contribution in [3.63, 3.8) is 0 Å². The number of methoxy groups -OCH3 is 1. The van der Waals surface area contributed by atoms with Gasteiger partial charge in [0, 0.05) is 37.3 Å². The van der Waals surface area contributed by atoms with E-state index in [-0.39, 0.29) is 11.8 Å². The maximum Gasteiger partial charge on any atom is 0.337 e. The third-order valence-corrected chi connectivity index (χ3v) is 6.22.